The molecule has 134 valence electrons. The molecule has 0 amide bonds. The summed E-state index contributed by atoms with van der Waals surface area (Å²) >= 11 is 0. The van der Waals surface area contributed by atoms with E-state index in [1.807, 2.05) is 0 Å². The molecule has 0 aromatic heterocycles. The van der Waals surface area contributed by atoms with Crippen LogP contribution in [0.3, 0.4) is 0 Å². The smallest absolute Gasteiger partial charge is 0.146 e. The third-order valence-corrected chi connectivity index (χ3v) is 8.43. The van der Waals surface area contributed by atoms with Crippen molar-refractivity contribution in [3.8, 4) is 0 Å². The summed E-state index contributed by atoms with van der Waals surface area (Å²) in [4.78, 5) is 0. The van der Waals surface area contributed by atoms with Crippen molar-refractivity contribution in [2.75, 3.05) is 13.9 Å². The van der Waals surface area contributed by atoms with Crippen LogP contribution >= 0.6 is 0 Å². The van der Waals surface area contributed by atoms with Crippen LogP contribution in [0.2, 0.25) is 0 Å². The first-order valence-corrected chi connectivity index (χ1v) is 9.97. The van der Waals surface area contributed by atoms with Gasteiger partial charge in [-0.1, -0.05) is 37.6 Å². The SMILES string of the molecule is C=C1CC[C@H]2[C@@H]3CC=C4C[C@@H](OCOC)CC[C@]4(C)[C@H]3CC[C@]12C. The molecule has 0 aromatic rings. The van der Waals surface area contributed by atoms with Crippen molar-refractivity contribution in [1.82, 2.24) is 0 Å². The van der Waals surface area contributed by atoms with Gasteiger partial charge in [-0.2, -0.15) is 0 Å². The van der Waals surface area contributed by atoms with E-state index >= 15 is 0 Å². The number of allylic oxidation sites excluding steroid dienone is 2. The molecule has 0 radical (unpaired) electrons. The summed E-state index contributed by atoms with van der Waals surface area (Å²) in [5.41, 5.74) is 4.09. The monoisotopic (exact) mass is 330 g/mol. The van der Waals surface area contributed by atoms with Crippen molar-refractivity contribution in [3.63, 3.8) is 0 Å². The maximum Gasteiger partial charge on any atom is 0.146 e. The molecule has 0 saturated heterocycles. The van der Waals surface area contributed by atoms with Gasteiger partial charge >= 0.3 is 0 Å². The second-order valence-electron chi connectivity index (χ2n) is 9.30. The molecule has 24 heavy (non-hydrogen) atoms. The first-order valence-electron chi connectivity index (χ1n) is 9.97. The van der Waals surface area contributed by atoms with E-state index in [1.165, 1.54) is 44.9 Å². The molecular weight excluding hydrogens is 296 g/mol. The van der Waals surface area contributed by atoms with Gasteiger partial charge in [0, 0.05) is 7.11 Å². The molecule has 0 N–H and O–H groups in total. The lowest BCUT2D eigenvalue weighted by Gasteiger charge is -2.57. The molecule has 0 bridgehead atoms. The average molecular weight is 331 g/mol. The summed E-state index contributed by atoms with van der Waals surface area (Å²) in [7, 11) is 1.71. The van der Waals surface area contributed by atoms with E-state index in [9.17, 15) is 0 Å². The molecule has 4 rings (SSSR count). The molecule has 6 atom stereocenters. The number of fused-ring (bicyclic) bond motifs is 5. The van der Waals surface area contributed by atoms with E-state index in [0.29, 0.717) is 23.7 Å². The van der Waals surface area contributed by atoms with E-state index in [4.69, 9.17) is 9.47 Å². The molecule has 0 aromatic carbocycles. The number of hydrogen-bond acceptors (Lipinski definition) is 2. The Balaban J connectivity index is 1.56. The standard InChI is InChI=1S/C22H34O2/c1-15-5-8-19-18-7-6-16-13-17(24-14-23-4)9-11-22(16,3)20(18)10-12-21(15,19)2/h6,17-20H,1,5,7-14H2,2-4H3/t17-,18-,19-,20-,21+,22-/m0/s1. The zero-order valence-corrected chi connectivity index (χ0v) is 15.8. The Bertz CT molecular complexity index is 550. The summed E-state index contributed by atoms with van der Waals surface area (Å²) < 4.78 is 11.0. The number of ether oxygens (including phenoxy) is 2. The molecule has 3 fully saturated rings. The summed E-state index contributed by atoms with van der Waals surface area (Å²) in [6.07, 6.45) is 13.3. The minimum absolute atomic E-state index is 0.362. The Hall–Kier alpha value is -0.600. The normalized spacial score (nSPS) is 47.6. The zero-order valence-electron chi connectivity index (χ0n) is 15.8. The highest BCUT2D eigenvalue weighted by Crippen LogP contribution is 2.65. The summed E-state index contributed by atoms with van der Waals surface area (Å²) in [5.74, 6) is 2.64. The lowest BCUT2D eigenvalue weighted by Crippen LogP contribution is -2.49. The van der Waals surface area contributed by atoms with Gasteiger partial charge in [0.05, 0.1) is 6.10 Å². The molecule has 0 unspecified atom stereocenters. The van der Waals surface area contributed by atoms with Crippen molar-refractivity contribution in [2.45, 2.75) is 71.3 Å². The van der Waals surface area contributed by atoms with Gasteiger partial charge in [0.15, 0.2) is 0 Å². The lowest BCUT2D eigenvalue weighted by molar-refractivity contribution is -0.0942. The van der Waals surface area contributed by atoms with E-state index in [2.05, 4.69) is 26.5 Å². The van der Waals surface area contributed by atoms with Crippen molar-refractivity contribution < 1.29 is 9.47 Å². The number of rotatable bonds is 3. The molecule has 0 spiro atoms. The molecule has 2 heteroatoms. The van der Waals surface area contributed by atoms with Gasteiger partial charge in [-0.15, -0.1) is 0 Å². The average Bonchev–Trinajstić information content (AvgIpc) is 2.88. The fraction of sp³-hybridized carbons (Fsp3) is 0.818. The van der Waals surface area contributed by atoms with Crippen LogP contribution in [-0.2, 0) is 9.47 Å². The predicted octanol–water partition coefficient (Wildman–Crippen LogP) is 5.49. The van der Waals surface area contributed by atoms with E-state index < -0.39 is 0 Å². The molecular formula is C22H34O2. The van der Waals surface area contributed by atoms with Gasteiger partial charge in [0.2, 0.25) is 0 Å². The number of hydrogen-bond donors (Lipinski definition) is 0. The molecule has 4 aliphatic carbocycles. The second kappa shape index (κ2) is 5.99. The molecule has 0 aliphatic heterocycles. The fourth-order valence-corrected chi connectivity index (χ4v) is 6.84. The third kappa shape index (κ3) is 2.36. The van der Waals surface area contributed by atoms with Crippen molar-refractivity contribution in [2.24, 2.45) is 28.6 Å². The van der Waals surface area contributed by atoms with Crippen molar-refractivity contribution in [1.29, 1.82) is 0 Å². The van der Waals surface area contributed by atoms with Crippen LogP contribution in [0.25, 0.3) is 0 Å². The zero-order chi connectivity index (χ0) is 16.9. The van der Waals surface area contributed by atoms with Gasteiger partial charge in [0.25, 0.3) is 0 Å². The van der Waals surface area contributed by atoms with Crippen LogP contribution in [0.4, 0.5) is 0 Å². The van der Waals surface area contributed by atoms with Gasteiger partial charge in [-0.05, 0) is 80.0 Å². The van der Waals surface area contributed by atoms with E-state index in [0.717, 1.165) is 24.2 Å². The minimum atomic E-state index is 0.362. The van der Waals surface area contributed by atoms with Crippen LogP contribution in [0, 0.1) is 28.6 Å². The van der Waals surface area contributed by atoms with Gasteiger partial charge in [-0.25, -0.2) is 0 Å². The van der Waals surface area contributed by atoms with E-state index in [1.54, 1.807) is 18.3 Å². The van der Waals surface area contributed by atoms with Crippen LogP contribution in [-0.4, -0.2) is 20.0 Å². The maximum absolute atomic E-state index is 5.89. The Morgan fingerprint density at radius 3 is 2.67 bits per heavy atom. The number of methoxy groups -OCH3 is 1. The third-order valence-electron chi connectivity index (χ3n) is 8.43. The molecule has 2 nitrogen and oxygen atoms in total. The highest BCUT2D eigenvalue weighted by molar-refractivity contribution is 5.28. The summed E-state index contributed by atoms with van der Waals surface area (Å²) in [5, 5.41) is 0. The highest BCUT2D eigenvalue weighted by atomic mass is 16.7. The summed E-state index contributed by atoms with van der Waals surface area (Å²) in [6.45, 7) is 9.95. The minimum Gasteiger partial charge on any atom is -0.359 e. The first-order chi connectivity index (χ1) is 11.5. The molecule has 3 saturated carbocycles. The topological polar surface area (TPSA) is 18.5 Å². The Kier molecular flexibility index (Phi) is 4.20. The Labute approximate surface area is 147 Å². The van der Waals surface area contributed by atoms with Crippen LogP contribution < -0.4 is 0 Å². The predicted molar refractivity (Wildman–Crippen MR) is 97.6 cm³/mol. The largest absolute Gasteiger partial charge is 0.359 e. The Morgan fingerprint density at radius 1 is 1.12 bits per heavy atom. The van der Waals surface area contributed by atoms with Gasteiger partial charge in [-0.3, -0.25) is 0 Å². The van der Waals surface area contributed by atoms with Crippen molar-refractivity contribution >= 4 is 0 Å². The first kappa shape index (κ1) is 16.8. The summed E-state index contributed by atoms with van der Waals surface area (Å²) in [6, 6.07) is 0. The molecule has 0 heterocycles. The fourth-order valence-electron chi connectivity index (χ4n) is 6.84. The van der Waals surface area contributed by atoms with Crippen LogP contribution in [0.15, 0.2) is 23.8 Å². The second-order valence-corrected chi connectivity index (χ2v) is 9.30. The van der Waals surface area contributed by atoms with Crippen molar-refractivity contribution in [3.05, 3.63) is 23.8 Å². The van der Waals surface area contributed by atoms with Gasteiger partial charge in [0.1, 0.15) is 6.79 Å². The highest BCUT2D eigenvalue weighted by Gasteiger charge is 2.56. The van der Waals surface area contributed by atoms with E-state index in [-0.39, 0.29) is 0 Å². The quantitative estimate of drug-likeness (QED) is 0.503. The molecule has 4 aliphatic rings. The Morgan fingerprint density at radius 2 is 1.88 bits per heavy atom. The maximum atomic E-state index is 5.89. The lowest BCUT2D eigenvalue weighted by atomic mass is 9.48. The van der Waals surface area contributed by atoms with Crippen LogP contribution in [0.1, 0.15) is 65.2 Å². The van der Waals surface area contributed by atoms with Gasteiger partial charge < -0.3 is 9.47 Å². The van der Waals surface area contributed by atoms with Crippen LogP contribution in [0.5, 0.6) is 0 Å².